The number of nitrogens with one attached hydrogen (secondary N) is 1. The predicted octanol–water partition coefficient (Wildman–Crippen LogP) is 1.65. The highest BCUT2D eigenvalue weighted by atomic mass is 35.5. The zero-order valence-corrected chi connectivity index (χ0v) is 5.90. The van der Waals surface area contributed by atoms with Gasteiger partial charge in [-0.3, -0.25) is 0 Å². The van der Waals surface area contributed by atoms with Gasteiger partial charge in [-0.2, -0.15) is 0 Å². The average molecular weight is 146 g/mol. The first-order chi connectivity index (χ1) is 4.33. The molecule has 0 aliphatic carbocycles. The SMILES string of the molecule is CNCc1coc(Cl)c1. The van der Waals surface area contributed by atoms with Gasteiger partial charge < -0.3 is 9.73 Å². The van der Waals surface area contributed by atoms with Crippen molar-refractivity contribution in [2.24, 2.45) is 0 Å². The zero-order valence-electron chi connectivity index (χ0n) is 5.15. The highest BCUT2D eigenvalue weighted by Crippen LogP contribution is 2.12. The summed E-state index contributed by atoms with van der Waals surface area (Å²) in [6.07, 6.45) is 1.64. The van der Waals surface area contributed by atoms with E-state index < -0.39 is 0 Å². The van der Waals surface area contributed by atoms with Crippen LogP contribution >= 0.6 is 11.6 Å². The quantitative estimate of drug-likeness (QED) is 0.685. The molecule has 9 heavy (non-hydrogen) atoms. The molecule has 1 aromatic rings. The Kier molecular flexibility index (Phi) is 2.14. The molecule has 0 saturated carbocycles. The lowest BCUT2D eigenvalue weighted by Crippen LogP contribution is -2.03. The molecule has 1 N–H and O–H groups in total. The highest BCUT2D eigenvalue weighted by molar-refractivity contribution is 6.28. The molecule has 0 saturated heterocycles. The van der Waals surface area contributed by atoms with E-state index in [0.717, 1.165) is 12.1 Å². The normalized spacial score (nSPS) is 10.0. The molecule has 0 spiro atoms. The number of hydrogen-bond acceptors (Lipinski definition) is 2. The second kappa shape index (κ2) is 2.90. The summed E-state index contributed by atoms with van der Waals surface area (Å²) in [5.74, 6) is 0. The summed E-state index contributed by atoms with van der Waals surface area (Å²) in [4.78, 5) is 0. The first-order valence-electron chi connectivity index (χ1n) is 2.70. The minimum atomic E-state index is 0.445. The molecule has 1 heterocycles. The summed E-state index contributed by atoms with van der Waals surface area (Å²) in [6.45, 7) is 0.802. The Balaban J connectivity index is 2.61. The summed E-state index contributed by atoms with van der Waals surface area (Å²) in [5.41, 5.74) is 1.07. The maximum Gasteiger partial charge on any atom is 0.193 e. The van der Waals surface area contributed by atoms with Gasteiger partial charge in [-0.25, -0.2) is 0 Å². The standard InChI is InChI=1S/C6H8ClNO/c1-8-3-5-2-6(7)9-4-5/h2,4,8H,3H2,1H3. The largest absolute Gasteiger partial charge is 0.453 e. The van der Waals surface area contributed by atoms with Gasteiger partial charge in [-0.15, -0.1) is 0 Å². The van der Waals surface area contributed by atoms with Crippen LogP contribution in [0.1, 0.15) is 5.56 Å². The molecular weight excluding hydrogens is 138 g/mol. The third-order valence-corrected chi connectivity index (χ3v) is 1.20. The topological polar surface area (TPSA) is 25.2 Å². The van der Waals surface area contributed by atoms with Crippen LogP contribution in [-0.4, -0.2) is 7.05 Å². The summed E-state index contributed by atoms with van der Waals surface area (Å²) < 4.78 is 4.84. The first-order valence-corrected chi connectivity index (χ1v) is 3.08. The van der Waals surface area contributed by atoms with Crippen molar-refractivity contribution < 1.29 is 4.42 Å². The second-order valence-electron chi connectivity index (χ2n) is 1.79. The van der Waals surface area contributed by atoms with Crippen molar-refractivity contribution in [3.8, 4) is 0 Å². The molecule has 0 fully saturated rings. The minimum absolute atomic E-state index is 0.445. The molecule has 2 nitrogen and oxygen atoms in total. The lowest BCUT2D eigenvalue weighted by Gasteiger charge is -1.88. The summed E-state index contributed by atoms with van der Waals surface area (Å²) in [5, 5.41) is 3.42. The van der Waals surface area contributed by atoms with Crippen LogP contribution in [-0.2, 0) is 6.54 Å². The highest BCUT2D eigenvalue weighted by Gasteiger charge is 1.94. The third-order valence-electron chi connectivity index (χ3n) is 1.00. The molecule has 0 atom stereocenters. The fraction of sp³-hybridized carbons (Fsp3) is 0.333. The fourth-order valence-corrected chi connectivity index (χ4v) is 0.827. The van der Waals surface area contributed by atoms with Gasteiger partial charge in [-0.05, 0) is 18.6 Å². The van der Waals surface area contributed by atoms with Crippen molar-refractivity contribution in [3.63, 3.8) is 0 Å². The number of hydrogen-bond donors (Lipinski definition) is 1. The predicted molar refractivity (Wildman–Crippen MR) is 36.5 cm³/mol. The number of rotatable bonds is 2. The van der Waals surface area contributed by atoms with E-state index in [2.05, 4.69) is 5.32 Å². The van der Waals surface area contributed by atoms with Crippen LogP contribution in [0.15, 0.2) is 16.7 Å². The van der Waals surface area contributed by atoms with E-state index in [0.29, 0.717) is 5.22 Å². The lowest BCUT2D eigenvalue weighted by atomic mass is 10.3. The fourth-order valence-electron chi connectivity index (χ4n) is 0.643. The van der Waals surface area contributed by atoms with Gasteiger partial charge in [0.1, 0.15) is 0 Å². The average Bonchev–Trinajstić information content (AvgIpc) is 2.17. The van der Waals surface area contributed by atoms with E-state index in [9.17, 15) is 0 Å². The molecule has 0 radical (unpaired) electrons. The van der Waals surface area contributed by atoms with Crippen molar-refractivity contribution in [1.29, 1.82) is 0 Å². The molecule has 0 bridgehead atoms. The van der Waals surface area contributed by atoms with E-state index in [-0.39, 0.29) is 0 Å². The second-order valence-corrected chi connectivity index (χ2v) is 2.16. The van der Waals surface area contributed by atoms with Crippen LogP contribution in [0, 0.1) is 0 Å². The molecule has 3 heteroatoms. The Morgan fingerprint density at radius 3 is 3.00 bits per heavy atom. The van der Waals surface area contributed by atoms with Crippen molar-refractivity contribution in [3.05, 3.63) is 23.1 Å². The number of furan rings is 1. The van der Waals surface area contributed by atoms with Crippen LogP contribution in [0.2, 0.25) is 5.22 Å². The van der Waals surface area contributed by atoms with Gasteiger partial charge in [0.25, 0.3) is 0 Å². The molecule has 50 valence electrons. The molecular formula is C6H8ClNO. The zero-order chi connectivity index (χ0) is 6.69. The van der Waals surface area contributed by atoms with Crippen molar-refractivity contribution in [2.75, 3.05) is 7.05 Å². The Bertz CT molecular complexity index is 185. The molecule has 0 aromatic carbocycles. The maximum atomic E-state index is 5.50. The number of halogens is 1. The van der Waals surface area contributed by atoms with E-state index in [1.54, 1.807) is 12.3 Å². The van der Waals surface area contributed by atoms with Crippen LogP contribution in [0.3, 0.4) is 0 Å². The van der Waals surface area contributed by atoms with Crippen LogP contribution in [0.25, 0.3) is 0 Å². The maximum absolute atomic E-state index is 5.50. The van der Waals surface area contributed by atoms with Crippen LogP contribution in [0.5, 0.6) is 0 Å². The Morgan fingerprint density at radius 1 is 1.78 bits per heavy atom. The molecule has 0 aliphatic heterocycles. The summed E-state index contributed by atoms with van der Waals surface area (Å²) >= 11 is 5.50. The minimum Gasteiger partial charge on any atom is -0.453 e. The smallest absolute Gasteiger partial charge is 0.193 e. The van der Waals surface area contributed by atoms with Gasteiger partial charge in [0.05, 0.1) is 6.26 Å². The van der Waals surface area contributed by atoms with E-state index >= 15 is 0 Å². The van der Waals surface area contributed by atoms with Gasteiger partial charge in [-0.1, -0.05) is 0 Å². The molecule has 1 aromatic heterocycles. The molecule has 0 aliphatic rings. The van der Waals surface area contributed by atoms with Crippen molar-refractivity contribution >= 4 is 11.6 Å². The van der Waals surface area contributed by atoms with Gasteiger partial charge in [0.15, 0.2) is 5.22 Å². The van der Waals surface area contributed by atoms with Gasteiger partial charge in [0.2, 0.25) is 0 Å². The molecule has 0 amide bonds. The lowest BCUT2D eigenvalue weighted by molar-refractivity contribution is 0.564. The van der Waals surface area contributed by atoms with Crippen molar-refractivity contribution in [1.82, 2.24) is 5.32 Å². The van der Waals surface area contributed by atoms with Crippen molar-refractivity contribution in [2.45, 2.75) is 6.54 Å². The molecule has 0 unspecified atom stereocenters. The Hall–Kier alpha value is -0.470. The molecule has 1 rings (SSSR count). The van der Waals surface area contributed by atoms with E-state index in [4.69, 9.17) is 16.0 Å². The Labute approximate surface area is 58.8 Å². The van der Waals surface area contributed by atoms with Gasteiger partial charge in [0, 0.05) is 18.2 Å². The third kappa shape index (κ3) is 1.73. The van der Waals surface area contributed by atoms with E-state index in [1.165, 1.54) is 0 Å². The Morgan fingerprint density at radius 2 is 2.56 bits per heavy atom. The monoisotopic (exact) mass is 145 g/mol. The first kappa shape index (κ1) is 6.65. The van der Waals surface area contributed by atoms with Crippen LogP contribution in [0.4, 0.5) is 0 Å². The van der Waals surface area contributed by atoms with Gasteiger partial charge >= 0.3 is 0 Å². The summed E-state index contributed by atoms with van der Waals surface area (Å²) in [6, 6.07) is 1.79. The van der Waals surface area contributed by atoms with Crippen LogP contribution < -0.4 is 5.32 Å². The summed E-state index contributed by atoms with van der Waals surface area (Å²) in [7, 11) is 1.88. The van der Waals surface area contributed by atoms with E-state index in [1.807, 2.05) is 7.05 Å².